The zero-order valence-electron chi connectivity index (χ0n) is 10.3. The third kappa shape index (κ3) is 5.30. The van der Waals surface area contributed by atoms with Gasteiger partial charge in [0.15, 0.2) is 0 Å². The summed E-state index contributed by atoms with van der Waals surface area (Å²) >= 11 is 0. The minimum absolute atomic E-state index is 0.000440. The molecule has 0 saturated heterocycles. The van der Waals surface area contributed by atoms with Crippen molar-refractivity contribution in [3.8, 4) is 0 Å². The van der Waals surface area contributed by atoms with Gasteiger partial charge in [0.25, 0.3) is 0 Å². The third-order valence-corrected chi connectivity index (χ3v) is 2.21. The van der Waals surface area contributed by atoms with E-state index < -0.39 is 5.97 Å². The van der Waals surface area contributed by atoms with Gasteiger partial charge in [-0.3, -0.25) is 9.59 Å². The van der Waals surface area contributed by atoms with E-state index in [1.807, 2.05) is 6.07 Å². The van der Waals surface area contributed by atoms with Crippen LogP contribution < -0.4 is 0 Å². The van der Waals surface area contributed by atoms with Crippen LogP contribution in [0.3, 0.4) is 0 Å². The number of esters is 1. The number of benzene rings is 1. The first kappa shape index (κ1) is 14.0. The molecule has 4 nitrogen and oxygen atoms in total. The van der Waals surface area contributed by atoms with E-state index in [1.54, 1.807) is 37.3 Å². The van der Waals surface area contributed by atoms with Gasteiger partial charge < -0.3 is 9.84 Å². The highest BCUT2D eigenvalue weighted by Gasteiger charge is 2.00. The fraction of sp³-hybridized carbons (Fsp3) is 0.286. The third-order valence-electron chi connectivity index (χ3n) is 2.21. The number of carbonyl (C=O) groups is 2. The van der Waals surface area contributed by atoms with Crippen molar-refractivity contribution in [2.45, 2.75) is 19.8 Å². The molecule has 0 heterocycles. The smallest absolute Gasteiger partial charge is 0.309 e. The maximum Gasteiger partial charge on any atom is 0.309 e. The van der Waals surface area contributed by atoms with Crippen molar-refractivity contribution in [3.05, 3.63) is 41.5 Å². The Balaban J connectivity index is 2.59. The summed E-state index contributed by atoms with van der Waals surface area (Å²) in [5.41, 5.74) is 1.61. The van der Waals surface area contributed by atoms with Crippen molar-refractivity contribution in [1.29, 1.82) is 0 Å². The molecule has 0 aliphatic heterocycles. The number of aliphatic carboxylic acids is 1. The highest BCUT2D eigenvalue weighted by atomic mass is 16.5. The Bertz CT molecular complexity index is 449. The molecular weight excluding hydrogens is 232 g/mol. The van der Waals surface area contributed by atoms with E-state index in [-0.39, 0.29) is 18.8 Å². The fourth-order valence-corrected chi connectivity index (χ4v) is 1.49. The SMILES string of the molecule is CCOC(=O)CC=Cc1cccc(CC(=O)O)c1. The molecule has 1 aromatic carbocycles. The van der Waals surface area contributed by atoms with Gasteiger partial charge in [0.1, 0.15) is 0 Å². The average Bonchev–Trinajstić information content (AvgIpc) is 2.29. The molecule has 18 heavy (non-hydrogen) atoms. The largest absolute Gasteiger partial charge is 0.481 e. The maximum atomic E-state index is 11.1. The maximum absolute atomic E-state index is 11.1. The summed E-state index contributed by atoms with van der Waals surface area (Å²) < 4.78 is 4.79. The molecule has 1 aromatic rings. The van der Waals surface area contributed by atoms with Gasteiger partial charge >= 0.3 is 11.9 Å². The van der Waals surface area contributed by atoms with Crippen LogP contribution in [0.2, 0.25) is 0 Å². The van der Waals surface area contributed by atoms with Gasteiger partial charge in [0, 0.05) is 0 Å². The molecule has 0 unspecified atom stereocenters. The number of carbonyl (C=O) groups excluding carboxylic acids is 1. The first-order valence-electron chi connectivity index (χ1n) is 5.74. The Morgan fingerprint density at radius 1 is 1.39 bits per heavy atom. The van der Waals surface area contributed by atoms with Crippen molar-refractivity contribution in [3.63, 3.8) is 0 Å². The lowest BCUT2D eigenvalue weighted by Gasteiger charge is -1.99. The molecule has 0 fully saturated rings. The molecular formula is C14H16O4. The lowest BCUT2D eigenvalue weighted by molar-refractivity contribution is -0.142. The second-order valence-electron chi connectivity index (χ2n) is 3.73. The molecule has 0 spiro atoms. The van der Waals surface area contributed by atoms with Crippen LogP contribution in [-0.2, 0) is 20.7 Å². The van der Waals surface area contributed by atoms with E-state index in [0.717, 1.165) is 11.1 Å². The summed E-state index contributed by atoms with van der Waals surface area (Å²) in [7, 11) is 0. The number of ether oxygens (including phenoxy) is 1. The molecule has 0 atom stereocenters. The zero-order valence-corrected chi connectivity index (χ0v) is 10.3. The summed E-state index contributed by atoms with van der Waals surface area (Å²) in [5, 5.41) is 8.69. The van der Waals surface area contributed by atoms with E-state index >= 15 is 0 Å². The Kier molecular flexibility index (Phi) is 5.64. The predicted molar refractivity (Wildman–Crippen MR) is 68.1 cm³/mol. The van der Waals surface area contributed by atoms with Crippen molar-refractivity contribution in [2.75, 3.05) is 6.61 Å². The molecule has 0 radical (unpaired) electrons. The first-order valence-corrected chi connectivity index (χ1v) is 5.74. The van der Waals surface area contributed by atoms with Crippen LogP contribution in [0.15, 0.2) is 30.3 Å². The van der Waals surface area contributed by atoms with E-state index in [4.69, 9.17) is 9.84 Å². The van der Waals surface area contributed by atoms with Crippen LogP contribution in [0.5, 0.6) is 0 Å². The molecule has 0 aliphatic carbocycles. The van der Waals surface area contributed by atoms with Gasteiger partial charge in [0.2, 0.25) is 0 Å². The van der Waals surface area contributed by atoms with Crippen molar-refractivity contribution >= 4 is 18.0 Å². The van der Waals surface area contributed by atoms with E-state index in [1.165, 1.54) is 0 Å². The summed E-state index contributed by atoms with van der Waals surface area (Å²) in [4.78, 5) is 21.7. The van der Waals surface area contributed by atoms with Crippen LogP contribution in [0, 0.1) is 0 Å². The predicted octanol–water partition coefficient (Wildman–Crippen LogP) is 2.28. The summed E-state index contributed by atoms with van der Waals surface area (Å²) in [6.45, 7) is 2.14. The molecule has 0 saturated carbocycles. The van der Waals surface area contributed by atoms with Gasteiger partial charge in [-0.1, -0.05) is 36.4 Å². The van der Waals surface area contributed by atoms with E-state index in [0.29, 0.717) is 6.61 Å². The van der Waals surface area contributed by atoms with Crippen molar-refractivity contribution in [2.24, 2.45) is 0 Å². The normalized spacial score (nSPS) is 10.5. The van der Waals surface area contributed by atoms with E-state index in [9.17, 15) is 9.59 Å². The Morgan fingerprint density at radius 3 is 2.83 bits per heavy atom. The number of hydrogen-bond donors (Lipinski definition) is 1. The number of hydrogen-bond acceptors (Lipinski definition) is 3. The van der Waals surface area contributed by atoms with Crippen LogP contribution in [0.25, 0.3) is 6.08 Å². The number of rotatable bonds is 6. The van der Waals surface area contributed by atoms with Gasteiger partial charge in [-0.05, 0) is 18.1 Å². The van der Waals surface area contributed by atoms with Crippen LogP contribution in [-0.4, -0.2) is 23.7 Å². The highest BCUT2D eigenvalue weighted by molar-refractivity contribution is 5.73. The van der Waals surface area contributed by atoms with Gasteiger partial charge in [-0.2, -0.15) is 0 Å². The summed E-state index contributed by atoms with van der Waals surface area (Å²) in [6.07, 6.45) is 3.71. The van der Waals surface area contributed by atoms with E-state index in [2.05, 4.69) is 0 Å². The van der Waals surface area contributed by atoms with Crippen molar-refractivity contribution in [1.82, 2.24) is 0 Å². The molecule has 0 aliphatic rings. The molecule has 4 heteroatoms. The molecule has 96 valence electrons. The summed E-state index contributed by atoms with van der Waals surface area (Å²) in [5.74, 6) is -1.13. The Hall–Kier alpha value is -2.10. The number of carboxylic acids is 1. The zero-order chi connectivity index (χ0) is 13.4. The molecule has 1 rings (SSSR count). The summed E-state index contributed by atoms with van der Waals surface area (Å²) in [6, 6.07) is 7.20. The minimum Gasteiger partial charge on any atom is -0.481 e. The van der Waals surface area contributed by atoms with Gasteiger partial charge in [0.05, 0.1) is 19.4 Å². The lowest BCUT2D eigenvalue weighted by atomic mass is 10.1. The van der Waals surface area contributed by atoms with Gasteiger partial charge in [-0.15, -0.1) is 0 Å². The van der Waals surface area contributed by atoms with Crippen LogP contribution >= 0.6 is 0 Å². The number of carboxylic acid groups (broad SMARTS) is 1. The second-order valence-corrected chi connectivity index (χ2v) is 3.73. The quantitative estimate of drug-likeness (QED) is 0.784. The molecule has 0 amide bonds. The molecule has 0 aromatic heterocycles. The fourth-order valence-electron chi connectivity index (χ4n) is 1.49. The molecule has 1 N–H and O–H groups in total. The molecule has 0 bridgehead atoms. The van der Waals surface area contributed by atoms with Crippen LogP contribution in [0.4, 0.5) is 0 Å². The highest BCUT2D eigenvalue weighted by Crippen LogP contribution is 2.08. The Labute approximate surface area is 106 Å². The lowest BCUT2D eigenvalue weighted by Crippen LogP contribution is -2.01. The van der Waals surface area contributed by atoms with Crippen molar-refractivity contribution < 1.29 is 19.4 Å². The monoisotopic (exact) mass is 248 g/mol. The second kappa shape index (κ2) is 7.27. The van der Waals surface area contributed by atoms with Gasteiger partial charge in [-0.25, -0.2) is 0 Å². The first-order chi connectivity index (χ1) is 8.61. The standard InChI is InChI=1S/C14H16O4/c1-2-18-14(17)8-4-6-11-5-3-7-12(9-11)10-13(15)16/h3-7,9H,2,8,10H2,1H3,(H,15,16). The minimum atomic E-state index is -0.859. The van der Waals surface area contributed by atoms with Crippen LogP contribution in [0.1, 0.15) is 24.5 Å². The average molecular weight is 248 g/mol. The topological polar surface area (TPSA) is 63.6 Å². The Morgan fingerprint density at radius 2 is 2.17 bits per heavy atom.